The van der Waals surface area contributed by atoms with Gasteiger partial charge in [-0.15, -0.1) is 0 Å². The Balaban J connectivity index is 1.31. The number of anilines is 1. The first kappa shape index (κ1) is 19.0. The zero-order valence-electron chi connectivity index (χ0n) is 16.5. The topological polar surface area (TPSA) is 38.2 Å². The second-order valence-electron chi connectivity index (χ2n) is 7.77. The molecule has 0 radical (unpaired) electrons. The number of ether oxygens (including phenoxy) is 2. The van der Waals surface area contributed by atoms with Gasteiger partial charge in [0.1, 0.15) is 6.54 Å². The normalized spacial score (nSPS) is 16.5. The second-order valence-corrected chi connectivity index (χ2v) is 8.16. The number of fused-ring (bicyclic) bond motifs is 1. The molecule has 1 fully saturated rings. The highest BCUT2D eigenvalue weighted by atomic mass is 32.1. The summed E-state index contributed by atoms with van der Waals surface area (Å²) in [5.41, 5.74) is 3.72. The van der Waals surface area contributed by atoms with Crippen molar-refractivity contribution in [2.75, 3.05) is 38.3 Å². The fourth-order valence-corrected chi connectivity index (χ4v) is 4.14. The van der Waals surface area contributed by atoms with Gasteiger partial charge in [-0.25, -0.2) is 0 Å². The van der Waals surface area contributed by atoms with Crippen LogP contribution in [0.2, 0.25) is 0 Å². The van der Waals surface area contributed by atoms with Crippen molar-refractivity contribution >= 4 is 23.0 Å². The molecule has 28 heavy (non-hydrogen) atoms. The van der Waals surface area contributed by atoms with E-state index in [1.165, 1.54) is 11.1 Å². The van der Waals surface area contributed by atoms with E-state index in [0.29, 0.717) is 12.7 Å². The zero-order valence-corrected chi connectivity index (χ0v) is 17.3. The van der Waals surface area contributed by atoms with Crippen LogP contribution in [0.5, 0.6) is 11.5 Å². The molecule has 148 valence electrons. The van der Waals surface area contributed by atoms with E-state index in [9.17, 15) is 0 Å². The smallest absolute Gasteiger partial charge is 0.231 e. The highest BCUT2D eigenvalue weighted by molar-refractivity contribution is 7.80. The van der Waals surface area contributed by atoms with Crippen molar-refractivity contribution in [2.45, 2.75) is 26.3 Å². The molecule has 0 aliphatic carbocycles. The van der Waals surface area contributed by atoms with Gasteiger partial charge in [0.25, 0.3) is 0 Å². The first-order chi connectivity index (χ1) is 13.6. The van der Waals surface area contributed by atoms with Crippen LogP contribution in [0, 0.1) is 0 Å². The first-order valence-electron chi connectivity index (χ1n) is 9.97. The van der Waals surface area contributed by atoms with Crippen LogP contribution < -0.4 is 19.7 Å². The van der Waals surface area contributed by atoms with E-state index in [2.05, 4.69) is 60.5 Å². The zero-order chi connectivity index (χ0) is 19.5. The molecule has 2 aromatic rings. The van der Waals surface area contributed by atoms with Crippen molar-refractivity contribution in [3.05, 3.63) is 53.6 Å². The van der Waals surface area contributed by atoms with E-state index in [4.69, 9.17) is 21.7 Å². The fourth-order valence-electron chi connectivity index (χ4n) is 3.85. The Morgan fingerprint density at radius 3 is 2.64 bits per heavy atom. The minimum absolute atomic E-state index is 0.328. The summed E-state index contributed by atoms with van der Waals surface area (Å²) in [6.07, 6.45) is 0. The van der Waals surface area contributed by atoms with Crippen LogP contribution in [-0.4, -0.2) is 43.0 Å². The molecule has 2 aliphatic heterocycles. The lowest BCUT2D eigenvalue weighted by Crippen LogP contribution is -3.13. The number of thiocarbonyl (C=S) groups is 1. The van der Waals surface area contributed by atoms with Crippen LogP contribution in [0.1, 0.15) is 30.9 Å². The van der Waals surface area contributed by atoms with E-state index >= 15 is 0 Å². The highest BCUT2D eigenvalue weighted by Crippen LogP contribution is 2.32. The molecule has 1 saturated heterocycles. The van der Waals surface area contributed by atoms with Gasteiger partial charge in [-0.2, -0.15) is 0 Å². The summed E-state index contributed by atoms with van der Waals surface area (Å²) >= 11 is 5.70. The maximum absolute atomic E-state index is 5.70. The third-order valence-electron chi connectivity index (χ3n) is 5.47. The maximum atomic E-state index is 5.70. The van der Waals surface area contributed by atoms with Crippen LogP contribution >= 0.6 is 12.2 Å². The molecule has 0 atom stereocenters. The number of quaternary nitrogens is 1. The number of nitrogens with zero attached hydrogens (tertiary/aromatic N) is 1. The van der Waals surface area contributed by atoms with Gasteiger partial charge in [0.15, 0.2) is 16.6 Å². The van der Waals surface area contributed by atoms with Crippen molar-refractivity contribution in [1.82, 2.24) is 4.90 Å². The summed E-state index contributed by atoms with van der Waals surface area (Å²) in [5, 5.41) is 4.30. The predicted molar refractivity (Wildman–Crippen MR) is 115 cm³/mol. The van der Waals surface area contributed by atoms with Crippen LogP contribution in [0.3, 0.4) is 0 Å². The lowest BCUT2D eigenvalue weighted by molar-refractivity contribution is -0.917. The van der Waals surface area contributed by atoms with Gasteiger partial charge < -0.3 is 24.6 Å². The highest BCUT2D eigenvalue weighted by Gasteiger charge is 2.23. The van der Waals surface area contributed by atoms with Crippen LogP contribution in [0.25, 0.3) is 0 Å². The van der Waals surface area contributed by atoms with E-state index in [-0.39, 0.29) is 0 Å². The quantitative estimate of drug-likeness (QED) is 0.775. The third-order valence-corrected chi connectivity index (χ3v) is 5.83. The van der Waals surface area contributed by atoms with Gasteiger partial charge in [0, 0.05) is 11.3 Å². The molecule has 6 heteroatoms. The Labute approximate surface area is 172 Å². The van der Waals surface area contributed by atoms with Gasteiger partial charge in [-0.1, -0.05) is 32.0 Å². The Bertz CT molecular complexity index is 847. The molecule has 0 spiro atoms. The monoisotopic (exact) mass is 398 g/mol. The van der Waals surface area contributed by atoms with Gasteiger partial charge in [-0.3, -0.25) is 0 Å². The molecule has 2 aliphatic rings. The SMILES string of the molecule is CC(C)c1ccccc1NC(=S)N1CC[NH+](Cc2ccc3c(c2)OCO3)CC1. The molecule has 4 rings (SSSR count). The maximum Gasteiger partial charge on any atom is 0.231 e. The minimum atomic E-state index is 0.328. The Hall–Kier alpha value is -2.31. The van der Waals surface area contributed by atoms with Gasteiger partial charge in [-0.05, 0) is 48.0 Å². The van der Waals surface area contributed by atoms with Crippen molar-refractivity contribution < 1.29 is 14.4 Å². The standard InChI is InChI=1S/C22H27N3O2S/c1-16(2)18-5-3-4-6-19(18)23-22(28)25-11-9-24(10-12-25)14-17-7-8-20-21(13-17)27-15-26-20/h3-8,13,16H,9-12,14-15H2,1-2H3,(H,23,28)/p+1. The third kappa shape index (κ3) is 4.23. The largest absolute Gasteiger partial charge is 0.454 e. The second kappa shape index (κ2) is 8.37. The van der Waals surface area contributed by atoms with Gasteiger partial charge >= 0.3 is 0 Å². The van der Waals surface area contributed by atoms with Crippen molar-refractivity contribution in [3.8, 4) is 11.5 Å². The van der Waals surface area contributed by atoms with Crippen molar-refractivity contribution in [1.29, 1.82) is 0 Å². The number of nitrogens with one attached hydrogen (secondary N) is 2. The Morgan fingerprint density at radius 1 is 1.11 bits per heavy atom. The molecule has 5 nitrogen and oxygen atoms in total. The summed E-state index contributed by atoms with van der Waals surface area (Å²) in [6, 6.07) is 14.7. The average Bonchev–Trinajstić information content (AvgIpc) is 3.16. The molecule has 0 unspecified atom stereocenters. The first-order valence-corrected chi connectivity index (χ1v) is 10.4. The van der Waals surface area contributed by atoms with E-state index in [1.54, 1.807) is 4.90 Å². The number of para-hydroxylation sites is 1. The number of hydrogen-bond donors (Lipinski definition) is 2. The van der Waals surface area contributed by atoms with E-state index in [0.717, 1.165) is 55.0 Å². The van der Waals surface area contributed by atoms with Gasteiger partial charge in [0.05, 0.1) is 26.2 Å². The molecule has 2 N–H and O–H groups in total. The predicted octanol–water partition coefficient (Wildman–Crippen LogP) is 2.64. The summed E-state index contributed by atoms with van der Waals surface area (Å²) in [5.74, 6) is 2.18. The van der Waals surface area contributed by atoms with Crippen LogP contribution in [-0.2, 0) is 6.54 Å². The molecule has 0 aromatic heterocycles. The fraction of sp³-hybridized carbons (Fsp3) is 0.409. The van der Waals surface area contributed by atoms with Crippen LogP contribution in [0.15, 0.2) is 42.5 Å². The number of benzene rings is 2. The molecule has 0 amide bonds. The molecule has 0 bridgehead atoms. The molecular weight excluding hydrogens is 370 g/mol. The Morgan fingerprint density at radius 2 is 1.86 bits per heavy atom. The number of piperazine rings is 1. The van der Waals surface area contributed by atoms with Crippen molar-refractivity contribution in [3.63, 3.8) is 0 Å². The van der Waals surface area contributed by atoms with E-state index in [1.807, 2.05) is 6.07 Å². The molecular formula is C22H28N3O2S+. The summed E-state index contributed by atoms with van der Waals surface area (Å²) in [7, 11) is 0. The lowest BCUT2D eigenvalue weighted by Gasteiger charge is -2.34. The summed E-state index contributed by atoms with van der Waals surface area (Å²) in [4.78, 5) is 3.86. The summed E-state index contributed by atoms with van der Waals surface area (Å²) < 4.78 is 10.9. The molecule has 0 saturated carbocycles. The van der Waals surface area contributed by atoms with E-state index < -0.39 is 0 Å². The number of hydrogen-bond acceptors (Lipinski definition) is 3. The summed E-state index contributed by atoms with van der Waals surface area (Å²) in [6.45, 7) is 9.83. The van der Waals surface area contributed by atoms with Gasteiger partial charge in [0.2, 0.25) is 6.79 Å². The Kier molecular flexibility index (Phi) is 5.69. The van der Waals surface area contributed by atoms with Crippen LogP contribution in [0.4, 0.5) is 5.69 Å². The molecule has 2 heterocycles. The lowest BCUT2D eigenvalue weighted by atomic mass is 10.0. The number of rotatable bonds is 4. The molecule has 2 aromatic carbocycles. The average molecular weight is 399 g/mol. The minimum Gasteiger partial charge on any atom is -0.454 e. The van der Waals surface area contributed by atoms with Crippen molar-refractivity contribution in [2.24, 2.45) is 0 Å².